The number of aliphatic hydroxyl groups is 1. The molecule has 1 aromatic rings. The molecular weight excluding hydrogens is 268 g/mol. The quantitative estimate of drug-likeness (QED) is 0.835. The molecule has 1 aromatic heterocycles. The Hall–Kier alpha value is -1.33. The highest BCUT2D eigenvalue weighted by molar-refractivity contribution is 5.91. The molecule has 1 fully saturated rings. The first kappa shape index (κ1) is 16.0. The Kier molecular flexibility index (Phi) is 5.42. The molecule has 5 heteroatoms. The minimum atomic E-state index is -0.178. The van der Waals surface area contributed by atoms with Gasteiger partial charge in [-0.15, -0.1) is 0 Å². The van der Waals surface area contributed by atoms with Gasteiger partial charge in [-0.3, -0.25) is 9.69 Å². The number of aliphatic hydroxyl groups excluding tert-OH is 1. The van der Waals surface area contributed by atoms with Gasteiger partial charge in [0.15, 0.2) is 5.76 Å². The van der Waals surface area contributed by atoms with Crippen LogP contribution in [0, 0.1) is 5.92 Å². The lowest BCUT2D eigenvalue weighted by Crippen LogP contribution is -2.39. The molecule has 0 atom stereocenters. The van der Waals surface area contributed by atoms with Crippen molar-refractivity contribution in [3.63, 3.8) is 0 Å². The Morgan fingerprint density at radius 3 is 2.57 bits per heavy atom. The van der Waals surface area contributed by atoms with Crippen molar-refractivity contribution in [1.29, 1.82) is 0 Å². The van der Waals surface area contributed by atoms with Gasteiger partial charge >= 0.3 is 0 Å². The van der Waals surface area contributed by atoms with Crippen LogP contribution in [0.15, 0.2) is 16.5 Å². The number of carbonyl (C=O) groups excluding carboxylic acids is 1. The van der Waals surface area contributed by atoms with Gasteiger partial charge in [-0.1, -0.05) is 13.8 Å². The van der Waals surface area contributed by atoms with Gasteiger partial charge in [0, 0.05) is 13.6 Å². The summed E-state index contributed by atoms with van der Waals surface area (Å²) in [5, 5.41) is 9.29. The second-order valence-corrected chi connectivity index (χ2v) is 5.90. The summed E-state index contributed by atoms with van der Waals surface area (Å²) in [6.45, 7) is 7.56. The first-order valence-corrected chi connectivity index (χ1v) is 7.78. The van der Waals surface area contributed by atoms with Crippen LogP contribution in [0.3, 0.4) is 0 Å². The minimum absolute atomic E-state index is 0.0813. The zero-order valence-electron chi connectivity index (χ0n) is 13.2. The maximum absolute atomic E-state index is 12.3. The van der Waals surface area contributed by atoms with Crippen molar-refractivity contribution >= 4 is 5.91 Å². The van der Waals surface area contributed by atoms with Crippen LogP contribution in [0.25, 0.3) is 0 Å². The smallest absolute Gasteiger partial charge is 0.289 e. The molecule has 0 spiro atoms. The van der Waals surface area contributed by atoms with E-state index in [0.717, 1.165) is 38.2 Å². The zero-order chi connectivity index (χ0) is 15.4. The van der Waals surface area contributed by atoms with Gasteiger partial charge in [-0.2, -0.15) is 0 Å². The highest BCUT2D eigenvalue weighted by atomic mass is 16.4. The van der Waals surface area contributed by atoms with Crippen LogP contribution in [0.4, 0.5) is 0 Å². The largest absolute Gasteiger partial charge is 0.455 e. The molecule has 0 unspecified atom stereocenters. The van der Waals surface area contributed by atoms with E-state index in [1.54, 1.807) is 18.0 Å². The van der Waals surface area contributed by atoms with Crippen molar-refractivity contribution in [3.8, 4) is 0 Å². The van der Waals surface area contributed by atoms with E-state index < -0.39 is 0 Å². The molecule has 0 radical (unpaired) electrons. The summed E-state index contributed by atoms with van der Waals surface area (Å²) in [5.74, 6) is 1.57. The summed E-state index contributed by atoms with van der Waals surface area (Å²) in [6.07, 6.45) is 1.41. The summed E-state index contributed by atoms with van der Waals surface area (Å²) in [6, 6.07) is 3.64. The second-order valence-electron chi connectivity index (χ2n) is 5.90. The average Bonchev–Trinajstić information content (AvgIpc) is 2.90. The van der Waals surface area contributed by atoms with Gasteiger partial charge in [-0.25, -0.2) is 0 Å². The third-order valence-corrected chi connectivity index (χ3v) is 4.24. The molecule has 0 saturated heterocycles. The number of furan rings is 1. The van der Waals surface area contributed by atoms with Gasteiger partial charge in [0.05, 0.1) is 12.6 Å². The Bertz CT molecular complexity index is 462. The van der Waals surface area contributed by atoms with Crippen LogP contribution >= 0.6 is 0 Å². The number of hydrogen-bond acceptors (Lipinski definition) is 4. The molecule has 0 aliphatic heterocycles. The summed E-state index contributed by atoms with van der Waals surface area (Å²) in [5.41, 5.74) is 0. The van der Waals surface area contributed by atoms with Crippen LogP contribution in [-0.2, 0) is 6.54 Å². The van der Waals surface area contributed by atoms with E-state index in [9.17, 15) is 9.90 Å². The zero-order valence-corrected chi connectivity index (χ0v) is 13.2. The molecule has 2 rings (SSSR count). The van der Waals surface area contributed by atoms with Crippen LogP contribution in [0.5, 0.6) is 0 Å². The third kappa shape index (κ3) is 4.08. The fraction of sp³-hybridized carbons (Fsp3) is 0.688. The predicted molar refractivity (Wildman–Crippen MR) is 81.0 cm³/mol. The normalized spacial score (nSPS) is 21.4. The Balaban J connectivity index is 1.88. The first-order valence-electron chi connectivity index (χ1n) is 7.78. The molecule has 1 heterocycles. The van der Waals surface area contributed by atoms with Gasteiger partial charge in [0.2, 0.25) is 0 Å². The fourth-order valence-corrected chi connectivity index (χ4v) is 2.75. The SMILES string of the molecule is CCN(CC)Cc1ccc(C(=O)N(C)CC2CC(O)C2)o1. The van der Waals surface area contributed by atoms with Crippen LogP contribution < -0.4 is 0 Å². The number of amides is 1. The fourth-order valence-electron chi connectivity index (χ4n) is 2.75. The van der Waals surface area contributed by atoms with Crippen molar-refractivity contribution < 1.29 is 14.3 Å². The van der Waals surface area contributed by atoms with Gasteiger partial charge in [-0.05, 0) is 44.0 Å². The van der Waals surface area contributed by atoms with E-state index in [4.69, 9.17) is 4.42 Å². The number of carbonyl (C=O) groups is 1. The molecule has 118 valence electrons. The molecule has 0 bridgehead atoms. The van der Waals surface area contributed by atoms with Gasteiger partial charge < -0.3 is 14.4 Å². The summed E-state index contributed by atoms with van der Waals surface area (Å²) >= 11 is 0. The number of rotatable bonds is 7. The highest BCUT2D eigenvalue weighted by Gasteiger charge is 2.29. The summed E-state index contributed by atoms with van der Waals surface area (Å²) in [4.78, 5) is 16.2. The number of hydrogen-bond donors (Lipinski definition) is 1. The Morgan fingerprint density at radius 2 is 2.00 bits per heavy atom. The van der Waals surface area contributed by atoms with Crippen molar-refractivity contribution in [3.05, 3.63) is 23.7 Å². The van der Waals surface area contributed by atoms with Crippen molar-refractivity contribution in [1.82, 2.24) is 9.80 Å². The molecule has 0 aromatic carbocycles. The topological polar surface area (TPSA) is 56.9 Å². The summed E-state index contributed by atoms with van der Waals surface area (Å²) < 4.78 is 5.67. The van der Waals surface area contributed by atoms with Crippen LogP contribution in [-0.4, -0.2) is 53.6 Å². The lowest BCUT2D eigenvalue weighted by molar-refractivity contribution is 0.0257. The average molecular weight is 294 g/mol. The lowest BCUT2D eigenvalue weighted by atomic mass is 9.82. The van der Waals surface area contributed by atoms with E-state index in [-0.39, 0.29) is 12.0 Å². The van der Waals surface area contributed by atoms with E-state index >= 15 is 0 Å². The molecule has 1 N–H and O–H groups in total. The second kappa shape index (κ2) is 7.09. The van der Waals surface area contributed by atoms with Crippen molar-refractivity contribution in [2.45, 2.75) is 39.3 Å². The maximum Gasteiger partial charge on any atom is 0.289 e. The van der Waals surface area contributed by atoms with Crippen molar-refractivity contribution in [2.24, 2.45) is 5.92 Å². The van der Waals surface area contributed by atoms with Crippen LogP contribution in [0.2, 0.25) is 0 Å². The molecule has 21 heavy (non-hydrogen) atoms. The minimum Gasteiger partial charge on any atom is -0.455 e. The monoisotopic (exact) mass is 294 g/mol. The predicted octanol–water partition coefficient (Wildman–Crippen LogP) is 1.96. The standard InChI is InChI=1S/C16H26N2O3/c1-4-18(5-2)11-14-6-7-15(21-14)16(20)17(3)10-12-8-13(19)9-12/h6-7,12-13,19H,4-5,8-11H2,1-3H3. The highest BCUT2D eigenvalue weighted by Crippen LogP contribution is 2.28. The van der Waals surface area contributed by atoms with E-state index in [2.05, 4.69) is 18.7 Å². The van der Waals surface area contributed by atoms with E-state index in [1.165, 1.54) is 0 Å². The summed E-state index contributed by atoms with van der Waals surface area (Å²) in [7, 11) is 1.79. The molecule has 1 amide bonds. The van der Waals surface area contributed by atoms with E-state index in [0.29, 0.717) is 18.2 Å². The molecular formula is C16H26N2O3. The molecule has 5 nitrogen and oxygen atoms in total. The maximum atomic E-state index is 12.3. The molecule has 1 aliphatic carbocycles. The Morgan fingerprint density at radius 1 is 1.33 bits per heavy atom. The van der Waals surface area contributed by atoms with Gasteiger partial charge in [0.25, 0.3) is 5.91 Å². The number of nitrogens with zero attached hydrogens (tertiary/aromatic N) is 2. The molecule has 1 saturated carbocycles. The Labute approximate surface area is 126 Å². The third-order valence-electron chi connectivity index (χ3n) is 4.24. The van der Waals surface area contributed by atoms with Gasteiger partial charge in [0.1, 0.15) is 5.76 Å². The lowest BCUT2D eigenvalue weighted by Gasteiger charge is -2.34. The van der Waals surface area contributed by atoms with Crippen LogP contribution in [0.1, 0.15) is 43.0 Å². The van der Waals surface area contributed by atoms with Crippen molar-refractivity contribution in [2.75, 3.05) is 26.7 Å². The molecule has 1 aliphatic rings. The first-order chi connectivity index (χ1) is 10.0. The van der Waals surface area contributed by atoms with E-state index in [1.807, 2.05) is 6.07 Å².